The summed E-state index contributed by atoms with van der Waals surface area (Å²) in [7, 11) is 0. The Morgan fingerprint density at radius 2 is 1.85 bits per heavy atom. The summed E-state index contributed by atoms with van der Waals surface area (Å²) >= 11 is 7.45. The summed E-state index contributed by atoms with van der Waals surface area (Å²) in [6.07, 6.45) is 6.05. The van der Waals surface area contributed by atoms with E-state index in [1.807, 2.05) is 36.5 Å². The van der Waals surface area contributed by atoms with Crippen LogP contribution >= 0.6 is 23.4 Å². The van der Waals surface area contributed by atoms with Crippen LogP contribution in [0.15, 0.2) is 78.3 Å². The normalized spacial score (nSPS) is 11.1. The van der Waals surface area contributed by atoms with Crippen LogP contribution in [0.25, 0.3) is 16.6 Å². The minimum absolute atomic E-state index is 0.273. The van der Waals surface area contributed by atoms with E-state index in [0.717, 1.165) is 22.2 Å². The summed E-state index contributed by atoms with van der Waals surface area (Å²) in [5.74, 6) is 0.148. The second-order valence-corrected chi connectivity index (χ2v) is 8.84. The predicted octanol–water partition coefficient (Wildman–Crippen LogP) is 4.46. The number of carbonyl (C=O) groups is 1. The number of nitrogens with zero attached hydrogens (tertiary/aromatic N) is 5. The molecule has 170 valence electrons. The molecule has 0 atom stereocenters. The molecule has 5 rings (SSSR count). The predicted molar refractivity (Wildman–Crippen MR) is 132 cm³/mol. The van der Waals surface area contributed by atoms with Gasteiger partial charge in [0.15, 0.2) is 10.9 Å². The topological polar surface area (TPSA) is 101 Å². The molecule has 5 aromatic rings. The smallest absolute Gasteiger partial charge is 0.273 e. The molecule has 3 aromatic heterocycles. The molecule has 2 N–H and O–H groups in total. The Hall–Kier alpha value is -3.69. The van der Waals surface area contributed by atoms with Crippen molar-refractivity contribution in [2.24, 2.45) is 0 Å². The Bertz CT molecular complexity index is 1420. The van der Waals surface area contributed by atoms with Gasteiger partial charge >= 0.3 is 0 Å². The number of carbonyl (C=O) groups excluding carboxylic acids is 1. The first kappa shape index (κ1) is 22.1. The first-order chi connectivity index (χ1) is 16.7. The van der Waals surface area contributed by atoms with E-state index < -0.39 is 0 Å². The molecule has 0 aliphatic carbocycles. The first-order valence-corrected chi connectivity index (χ1v) is 12.0. The molecule has 0 aliphatic rings. The molecule has 3 heterocycles. The maximum absolute atomic E-state index is 13.1. The number of aromatic nitrogens is 6. The van der Waals surface area contributed by atoms with Crippen LogP contribution in [0.1, 0.15) is 21.7 Å². The highest BCUT2D eigenvalue weighted by Crippen LogP contribution is 2.24. The van der Waals surface area contributed by atoms with Gasteiger partial charge in [0.2, 0.25) is 0 Å². The van der Waals surface area contributed by atoms with E-state index in [-0.39, 0.29) is 11.6 Å². The lowest BCUT2D eigenvalue weighted by atomic mass is 10.1. The number of thioether (sulfide) groups is 1. The van der Waals surface area contributed by atoms with Crippen LogP contribution in [0, 0.1) is 0 Å². The minimum Gasteiger partial charge on any atom is -0.361 e. The molecule has 2 aromatic carbocycles. The zero-order chi connectivity index (χ0) is 23.3. The van der Waals surface area contributed by atoms with Gasteiger partial charge in [0.25, 0.3) is 5.91 Å². The Morgan fingerprint density at radius 1 is 1.06 bits per heavy atom. The summed E-state index contributed by atoms with van der Waals surface area (Å²) in [6, 6.07) is 17.1. The Kier molecular flexibility index (Phi) is 6.55. The van der Waals surface area contributed by atoms with E-state index in [0.29, 0.717) is 34.6 Å². The highest BCUT2D eigenvalue weighted by molar-refractivity contribution is 7.98. The Labute approximate surface area is 204 Å². The second kappa shape index (κ2) is 10.1. The van der Waals surface area contributed by atoms with Gasteiger partial charge in [-0.15, -0.1) is 5.10 Å². The van der Waals surface area contributed by atoms with Crippen molar-refractivity contribution in [2.75, 3.05) is 6.54 Å². The molecular weight excluding hydrogens is 470 g/mol. The second-order valence-electron chi connectivity index (χ2n) is 7.46. The molecule has 0 radical (unpaired) electrons. The molecule has 0 bridgehead atoms. The average molecular weight is 490 g/mol. The molecule has 0 unspecified atom stereocenters. The third-order valence-electron chi connectivity index (χ3n) is 5.28. The van der Waals surface area contributed by atoms with E-state index in [2.05, 4.69) is 36.6 Å². The standard InChI is InChI=1S/C24H20ClN7OS/c25-17-6-8-18(9-7-17)32-21(15-34-24-27-11-3-12-28-24)22(30-31-32)23(33)26-13-10-16-14-29-20-5-2-1-4-19(16)20/h1-9,11-12,14,29H,10,13,15H2,(H,26,33). The number of para-hydroxylation sites is 1. The minimum atomic E-state index is -0.273. The number of aromatic amines is 1. The monoisotopic (exact) mass is 489 g/mol. The van der Waals surface area contributed by atoms with Gasteiger partial charge in [-0.25, -0.2) is 14.6 Å². The molecule has 0 fully saturated rings. The van der Waals surface area contributed by atoms with Gasteiger partial charge in [-0.05, 0) is 48.4 Å². The third kappa shape index (κ3) is 4.80. The van der Waals surface area contributed by atoms with Crippen molar-refractivity contribution in [3.05, 3.63) is 95.2 Å². The molecule has 0 saturated heterocycles. The number of amides is 1. The van der Waals surface area contributed by atoms with Crippen molar-refractivity contribution in [1.82, 2.24) is 35.3 Å². The fourth-order valence-corrected chi connectivity index (χ4v) is 4.54. The average Bonchev–Trinajstić information content (AvgIpc) is 3.48. The van der Waals surface area contributed by atoms with E-state index in [4.69, 9.17) is 11.6 Å². The van der Waals surface area contributed by atoms with Crippen molar-refractivity contribution in [3.8, 4) is 5.69 Å². The lowest BCUT2D eigenvalue weighted by Crippen LogP contribution is -2.27. The van der Waals surface area contributed by atoms with Gasteiger partial charge < -0.3 is 10.3 Å². The maximum Gasteiger partial charge on any atom is 0.273 e. The van der Waals surface area contributed by atoms with Crippen LogP contribution in [0.4, 0.5) is 0 Å². The van der Waals surface area contributed by atoms with Gasteiger partial charge in [-0.1, -0.05) is 46.8 Å². The molecule has 0 saturated carbocycles. The first-order valence-electron chi connectivity index (χ1n) is 10.6. The van der Waals surface area contributed by atoms with Gasteiger partial charge in [0.1, 0.15) is 0 Å². The summed E-state index contributed by atoms with van der Waals surface area (Å²) < 4.78 is 1.65. The van der Waals surface area contributed by atoms with E-state index in [1.54, 1.807) is 35.3 Å². The van der Waals surface area contributed by atoms with E-state index in [1.165, 1.54) is 11.8 Å². The van der Waals surface area contributed by atoms with Crippen molar-refractivity contribution in [2.45, 2.75) is 17.3 Å². The highest BCUT2D eigenvalue weighted by atomic mass is 35.5. The molecule has 1 amide bonds. The fourth-order valence-electron chi connectivity index (χ4n) is 3.62. The van der Waals surface area contributed by atoms with Crippen molar-refractivity contribution in [3.63, 3.8) is 0 Å². The molecule has 10 heteroatoms. The number of fused-ring (bicyclic) bond motifs is 1. The number of halogens is 1. The maximum atomic E-state index is 13.1. The van der Waals surface area contributed by atoms with Gasteiger partial charge in [0, 0.05) is 46.8 Å². The number of H-pyrrole nitrogens is 1. The van der Waals surface area contributed by atoms with E-state index >= 15 is 0 Å². The molecule has 8 nitrogen and oxygen atoms in total. The highest BCUT2D eigenvalue weighted by Gasteiger charge is 2.21. The molecule has 0 aliphatic heterocycles. The molecule has 0 spiro atoms. The number of hydrogen-bond acceptors (Lipinski definition) is 6. The summed E-state index contributed by atoms with van der Waals surface area (Å²) in [5, 5.41) is 13.8. The Morgan fingerprint density at radius 3 is 2.68 bits per heavy atom. The number of rotatable bonds is 8. The number of benzene rings is 2. The van der Waals surface area contributed by atoms with Crippen LogP contribution in [0.3, 0.4) is 0 Å². The quantitative estimate of drug-likeness (QED) is 0.246. The van der Waals surface area contributed by atoms with Crippen LogP contribution in [0.5, 0.6) is 0 Å². The van der Waals surface area contributed by atoms with Crippen molar-refractivity contribution in [1.29, 1.82) is 0 Å². The summed E-state index contributed by atoms with van der Waals surface area (Å²) in [6.45, 7) is 0.475. The molecular formula is C24H20ClN7OS. The van der Waals surface area contributed by atoms with Gasteiger partial charge in [0.05, 0.1) is 11.4 Å². The van der Waals surface area contributed by atoms with Crippen LogP contribution in [-0.2, 0) is 12.2 Å². The van der Waals surface area contributed by atoms with Gasteiger partial charge in [-0.2, -0.15) is 0 Å². The number of nitrogens with one attached hydrogen (secondary N) is 2. The van der Waals surface area contributed by atoms with Crippen LogP contribution in [-0.4, -0.2) is 42.4 Å². The zero-order valence-electron chi connectivity index (χ0n) is 18.0. The Balaban J connectivity index is 1.34. The lowest BCUT2D eigenvalue weighted by molar-refractivity contribution is 0.0948. The zero-order valence-corrected chi connectivity index (χ0v) is 19.6. The SMILES string of the molecule is O=C(NCCc1c[nH]c2ccccc12)c1nnn(-c2ccc(Cl)cc2)c1CSc1ncccn1. The van der Waals surface area contributed by atoms with Crippen LogP contribution < -0.4 is 5.32 Å². The fraction of sp³-hybridized carbons (Fsp3) is 0.125. The third-order valence-corrected chi connectivity index (χ3v) is 6.42. The van der Waals surface area contributed by atoms with E-state index in [9.17, 15) is 4.79 Å². The van der Waals surface area contributed by atoms with Crippen molar-refractivity contribution < 1.29 is 4.79 Å². The summed E-state index contributed by atoms with van der Waals surface area (Å²) in [4.78, 5) is 24.8. The number of hydrogen-bond donors (Lipinski definition) is 2. The summed E-state index contributed by atoms with van der Waals surface area (Å²) in [5.41, 5.74) is 3.93. The molecule has 34 heavy (non-hydrogen) atoms. The largest absolute Gasteiger partial charge is 0.361 e. The van der Waals surface area contributed by atoms with Gasteiger partial charge in [-0.3, -0.25) is 4.79 Å². The van der Waals surface area contributed by atoms with Crippen molar-refractivity contribution >= 4 is 40.2 Å². The lowest BCUT2D eigenvalue weighted by Gasteiger charge is -2.08. The van der Waals surface area contributed by atoms with Crippen LogP contribution in [0.2, 0.25) is 5.02 Å².